The summed E-state index contributed by atoms with van der Waals surface area (Å²) in [6.45, 7) is 4.45. The first-order valence-corrected chi connectivity index (χ1v) is 10.3. The highest BCUT2D eigenvalue weighted by Gasteiger charge is 2.31. The standard InChI is InChI=1S/C21H33N5O.HI/c1-16-8-9-17(14-24-16)10-12-23-21(22-2)25-19-11-13-26(15-19)20(27)18-6-4-3-5-7-18;/h8-9,14,18-19H,3-7,10-13,15H2,1-2H3,(H2,22,23,25);1H. The Hall–Kier alpha value is -1.38. The zero-order valence-electron chi connectivity index (χ0n) is 17.1. The fraction of sp³-hybridized carbons (Fsp3) is 0.667. The number of aryl methyl sites for hydroxylation is 1. The van der Waals surface area contributed by atoms with Crippen LogP contribution in [0.2, 0.25) is 0 Å². The lowest BCUT2D eigenvalue weighted by atomic mass is 9.88. The van der Waals surface area contributed by atoms with Crippen LogP contribution in [0, 0.1) is 12.8 Å². The van der Waals surface area contributed by atoms with Crippen molar-refractivity contribution in [2.24, 2.45) is 10.9 Å². The molecular weight excluding hydrogens is 465 g/mol. The molecule has 0 spiro atoms. The van der Waals surface area contributed by atoms with E-state index in [1.165, 1.54) is 24.8 Å². The molecule has 1 saturated heterocycles. The average Bonchev–Trinajstić information content (AvgIpc) is 3.17. The van der Waals surface area contributed by atoms with Gasteiger partial charge in [0.1, 0.15) is 0 Å². The number of amides is 1. The summed E-state index contributed by atoms with van der Waals surface area (Å²) in [4.78, 5) is 23.4. The molecule has 3 rings (SSSR count). The number of carbonyl (C=O) groups is 1. The molecule has 1 atom stereocenters. The van der Waals surface area contributed by atoms with E-state index >= 15 is 0 Å². The molecule has 1 aliphatic heterocycles. The molecule has 7 heteroatoms. The second-order valence-corrected chi connectivity index (χ2v) is 7.81. The molecule has 0 aromatic carbocycles. The number of aliphatic imine (C=N–C) groups is 1. The van der Waals surface area contributed by atoms with Crippen molar-refractivity contribution < 1.29 is 4.79 Å². The molecule has 6 nitrogen and oxygen atoms in total. The van der Waals surface area contributed by atoms with E-state index in [1.807, 2.05) is 19.2 Å². The normalized spacial score (nSPS) is 20.6. The largest absolute Gasteiger partial charge is 0.356 e. The molecule has 1 unspecified atom stereocenters. The second kappa shape index (κ2) is 11.6. The molecule has 0 bridgehead atoms. The summed E-state index contributed by atoms with van der Waals surface area (Å²) in [5, 5.41) is 6.85. The van der Waals surface area contributed by atoms with Gasteiger partial charge in [0.25, 0.3) is 0 Å². The van der Waals surface area contributed by atoms with E-state index in [1.54, 1.807) is 7.05 Å². The predicted molar refractivity (Wildman–Crippen MR) is 124 cm³/mol. The van der Waals surface area contributed by atoms with Crippen LogP contribution in [-0.4, -0.2) is 54.5 Å². The first-order valence-electron chi connectivity index (χ1n) is 10.3. The van der Waals surface area contributed by atoms with Gasteiger partial charge in [0, 0.05) is 50.5 Å². The molecule has 2 heterocycles. The van der Waals surface area contributed by atoms with E-state index < -0.39 is 0 Å². The smallest absolute Gasteiger partial charge is 0.225 e. The number of halogens is 1. The van der Waals surface area contributed by atoms with E-state index in [9.17, 15) is 4.79 Å². The Morgan fingerprint density at radius 1 is 1.25 bits per heavy atom. The SMILES string of the molecule is CN=C(NCCc1ccc(C)nc1)NC1CCN(C(=O)C2CCCCC2)C1.I. The van der Waals surface area contributed by atoms with E-state index in [0.717, 1.165) is 57.0 Å². The number of nitrogens with zero attached hydrogens (tertiary/aromatic N) is 3. The molecule has 0 radical (unpaired) electrons. The molecule has 1 aliphatic carbocycles. The number of hydrogen-bond donors (Lipinski definition) is 2. The molecule has 2 aliphatic rings. The van der Waals surface area contributed by atoms with Crippen molar-refractivity contribution in [3.8, 4) is 0 Å². The van der Waals surface area contributed by atoms with Crippen molar-refractivity contribution in [2.75, 3.05) is 26.7 Å². The Morgan fingerprint density at radius 2 is 2.04 bits per heavy atom. The number of aromatic nitrogens is 1. The lowest BCUT2D eigenvalue weighted by molar-refractivity contribution is -0.135. The van der Waals surface area contributed by atoms with Crippen LogP contribution in [-0.2, 0) is 11.2 Å². The maximum atomic E-state index is 12.7. The molecular formula is C21H34IN5O. The van der Waals surface area contributed by atoms with E-state index in [0.29, 0.717) is 5.91 Å². The van der Waals surface area contributed by atoms with Crippen molar-refractivity contribution in [3.63, 3.8) is 0 Å². The highest BCUT2D eigenvalue weighted by Crippen LogP contribution is 2.26. The number of rotatable bonds is 5. The number of pyridine rings is 1. The third-order valence-electron chi connectivity index (χ3n) is 5.70. The monoisotopic (exact) mass is 499 g/mol. The van der Waals surface area contributed by atoms with E-state index in [-0.39, 0.29) is 35.9 Å². The summed E-state index contributed by atoms with van der Waals surface area (Å²) < 4.78 is 0. The number of nitrogens with one attached hydrogen (secondary N) is 2. The molecule has 156 valence electrons. The van der Waals surface area contributed by atoms with E-state index in [4.69, 9.17) is 0 Å². The fourth-order valence-electron chi connectivity index (χ4n) is 4.05. The maximum Gasteiger partial charge on any atom is 0.225 e. The minimum absolute atomic E-state index is 0. The summed E-state index contributed by atoms with van der Waals surface area (Å²) >= 11 is 0. The van der Waals surface area contributed by atoms with Gasteiger partial charge < -0.3 is 15.5 Å². The minimum atomic E-state index is 0. The zero-order chi connectivity index (χ0) is 19.1. The summed E-state index contributed by atoms with van der Waals surface area (Å²) in [6.07, 6.45) is 9.67. The van der Waals surface area contributed by atoms with Gasteiger partial charge in [-0.15, -0.1) is 24.0 Å². The minimum Gasteiger partial charge on any atom is -0.356 e. The van der Waals surface area contributed by atoms with Crippen LogP contribution in [0.15, 0.2) is 23.3 Å². The van der Waals surface area contributed by atoms with Crippen LogP contribution >= 0.6 is 24.0 Å². The fourth-order valence-corrected chi connectivity index (χ4v) is 4.05. The van der Waals surface area contributed by atoms with Crippen LogP contribution < -0.4 is 10.6 Å². The van der Waals surface area contributed by atoms with Crippen LogP contribution in [0.1, 0.15) is 49.8 Å². The van der Waals surface area contributed by atoms with Gasteiger partial charge in [-0.3, -0.25) is 14.8 Å². The topological polar surface area (TPSA) is 69.6 Å². The summed E-state index contributed by atoms with van der Waals surface area (Å²) in [7, 11) is 1.79. The molecule has 1 aromatic heterocycles. The van der Waals surface area contributed by atoms with Gasteiger partial charge >= 0.3 is 0 Å². The highest BCUT2D eigenvalue weighted by molar-refractivity contribution is 14.0. The van der Waals surface area contributed by atoms with Gasteiger partial charge in [-0.1, -0.05) is 25.3 Å². The Bertz CT molecular complexity index is 643. The van der Waals surface area contributed by atoms with Crippen LogP contribution in [0.5, 0.6) is 0 Å². The van der Waals surface area contributed by atoms with Crippen LogP contribution in [0.3, 0.4) is 0 Å². The van der Waals surface area contributed by atoms with Crippen LogP contribution in [0.25, 0.3) is 0 Å². The van der Waals surface area contributed by atoms with Crippen molar-refractivity contribution in [2.45, 2.75) is 57.9 Å². The third-order valence-corrected chi connectivity index (χ3v) is 5.70. The first kappa shape index (κ1) is 22.9. The molecule has 1 saturated carbocycles. The summed E-state index contributed by atoms with van der Waals surface area (Å²) in [6, 6.07) is 4.44. The maximum absolute atomic E-state index is 12.7. The lowest BCUT2D eigenvalue weighted by Crippen LogP contribution is -2.46. The van der Waals surface area contributed by atoms with E-state index in [2.05, 4.69) is 31.6 Å². The van der Waals surface area contributed by atoms with Gasteiger partial charge in [-0.25, -0.2) is 0 Å². The van der Waals surface area contributed by atoms with Crippen molar-refractivity contribution in [1.82, 2.24) is 20.5 Å². The Kier molecular flexibility index (Phi) is 9.47. The van der Waals surface area contributed by atoms with Gasteiger partial charge in [-0.2, -0.15) is 0 Å². The third kappa shape index (κ3) is 6.60. The lowest BCUT2D eigenvalue weighted by Gasteiger charge is -2.26. The highest BCUT2D eigenvalue weighted by atomic mass is 127. The van der Waals surface area contributed by atoms with Gasteiger partial charge in [0.05, 0.1) is 0 Å². The summed E-state index contributed by atoms with van der Waals surface area (Å²) in [5.41, 5.74) is 2.26. The Balaban J connectivity index is 0.00000280. The number of likely N-dealkylation sites (tertiary alicyclic amines) is 1. The zero-order valence-corrected chi connectivity index (χ0v) is 19.4. The van der Waals surface area contributed by atoms with Gasteiger partial charge in [0.2, 0.25) is 5.91 Å². The molecule has 28 heavy (non-hydrogen) atoms. The first-order chi connectivity index (χ1) is 13.2. The Morgan fingerprint density at radius 3 is 2.71 bits per heavy atom. The molecule has 1 aromatic rings. The van der Waals surface area contributed by atoms with Gasteiger partial charge in [-0.05, 0) is 44.2 Å². The molecule has 2 N–H and O–H groups in total. The average molecular weight is 499 g/mol. The van der Waals surface area contributed by atoms with Crippen molar-refractivity contribution in [3.05, 3.63) is 29.6 Å². The second-order valence-electron chi connectivity index (χ2n) is 7.81. The molecule has 1 amide bonds. The summed E-state index contributed by atoms with van der Waals surface area (Å²) in [5.74, 6) is 1.44. The van der Waals surface area contributed by atoms with Crippen molar-refractivity contribution >= 4 is 35.8 Å². The Labute approximate surface area is 186 Å². The van der Waals surface area contributed by atoms with Gasteiger partial charge in [0.15, 0.2) is 5.96 Å². The van der Waals surface area contributed by atoms with Crippen LogP contribution in [0.4, 0.5) is 0 Å². The quantitative estimate of drug-likeness (QED) is 0.372. The van der Waals surface area contributed by atoms with Crippen molar-refractivity contribution in [1.29, 1.82) is 0 Å². The molecule has 2 fully saturated rings. The number of hydrogen-bond acceptors (Lipinski definition) is 3. The number of guanidine groups is 1. The predicted octanol–water partition coefficient (Wildman–Crippen LogP) is 2.90. The number of carbonyl (C=O) groups excluding carboxylic acids is 1.